The van der Waals surface area contributed by atoms with E-state index in [-0.39, 0.29) is 30.5 Å². The summed E-state index contributed by atoms with van der Waals surface area (Å²) in [6.45, 7) is 0.593. The lowest BCUT2D eigenvalue weighted by molar-refractivity contribution is -0.205. The van der Waals surface area contributed by atoms with Gasteiger partial charge < -0.3 is 66.3 Å². The zero-order valence-corrected chi connectivity index (χ0v) is 29.4. The predicted molar refractivity (Wildman–Crippen MR) is 180 cm³/mol. The largest absolute Gasteiger partial charge is 0.394 e. The second kappa shape index (κ2) is 23.9. The van der Waals surface area contributed by atoms with Crippen molar-refractivity contribution in [3.8, 4) is 6.07 Å². The van der Waals surface area contributed by atoms with Crippen molar-refractivity contribution >= 4 is 53.0 Å². The number of nitrogens with zero attached hydrogens (tertiary/aromatic N) is 2. The Morgan fingerprint density at radius 2 is 1.10 bits per heavy atom. The Bertz CT molecular complexity index is 989. The van der Waals surface area contributed by atoms with Gasteiger partial charge in [0.1, 0.15) is 59.7 Å². The summed E-state index contributed by atoms with van der Waals surface area (Å²) >= 11 is 3.25. The van der Waals surface area contributed by atoms with Crippen molar-refractivity contribution in [2.45, 2.75) is 72.5 Å². The number of nitrogens with one attached hydrogen (secondary N) is 3. The smallest absolute Gasteiger partial charge is 0.230 e. The molecular weight excluding hydrogens is 711 g/mol. The summed E-state index contributed by atoms with van der Waals surface area (Å²) in [5, 5.41) is 95.6. The molecule has 0 aromatic carbocycles. The van der Waals surface area contributed by atoms with Gasteiger partial charge in [-0.05, 0) is 12.2 Å². The van der Waals surface area contributed by atoms with Crippen LogP contribution < -0.4 is 16.0 Å². The topological polar surface area (TPSA) is 295 Å². The molecule has 2 heterocycles. The molecule has 2 aliphatic rings. The summed E-state index contributed by atoms with van der Waals surface area (Å²) in [7, 11) is 0. The molecule has 0 aliphatic carbocycles. The van der Waals surface area contributed by atoms with Gasteiger partial charge in [0.15, 0.2) is 0 Å². The molecule has 0 spiro atoms. The standard InChI is InChI=1S/C28H49N5O13S3/c29-3-11-47-10-1-2-18(36)30-4-7-33(8-5-31-19(37)14-48-27-25(43)23(41)21(39)16(12-34)45-27)9-6-32-20(38)15-49-28-26(44)24(42)22(40)17(13-35)46-28/h16-17,21-28,34-35,39-44H,1-2,4-15H2,(H,30,36)(H,31,37)(H,32,38)/t16?,17?,21?,22?,23?,24?,25-,26-,27?,28?/m0/s1. The molecule has 3 amide bonds. The van der Waals surface area contributed by atoms with Crippen LogP contribution in [0.1, 0.15) is 12.8 Å². The molecule has 0 radical (unpaired) electrons. The van der Waals surface area contributed by atoms with E-state index in [9.17, 15) is 55.2 Å². The van der Waals surface area contributed by atoms with Crippen LogP contribution in [0.15, 0.2) is 0 Å². The molecule has 0 saturated carbocycles. The van der Waals surface area contributed by atoms with Gasteiger partial charge in [0.2, 0.25) is 17.7 Å². The third-order valence-electron chi connectivity index (χ3n) is 7.56. The summed E-state index contributed by atoms with van der Waals surface area (Å²) in [6.07, 6.45) is -10.3. The molecule has 21 heteroatoms. The van der Waals surface area contributed by atoms with E-state index in [1.54, 1.807) is 0 Å². The Labute approximate surface area is 297 Å². The van der Waals surface area contributed by atoms with E-state index in [1.165, 1.54) is 11.8 Å². The minimum absolute atomic E-state index is 0.144. The lowest BCUT2D eigenvalue weighted by Crippen LogP contribution is -2.57. The maximum atomic E-state index is 12.5. The third-order valence-corrected chi connectivity index (χ3v) is 10.8. The van der Waals surface area contributed by atoms with Crippen molar-refractivity contribution in [1.82, 2.24) is 20.9 Å². The van der Waals surface area contributed by atoms with E-state index < -0.39 is 84.7 Å². The van der Waals surface area contributed by atoms with Crippen LogP contribution in [0.4, 0.5) is 0 Å². The zero-order valence-electron chi connectivity index (χ0n) is 26.9. The number of rotatable bonds is 22. The SMILES string of the molecule is N#CCSCCCC(=O)NCCN(CCNC(=O)CSC1OC(CO)C(O)C(O)[C@@H]1O)CCNC(=O)CSC1OC(CO)C(O)C(O)[C@@H]1O. The number of hydrogen-bond acceptors (Lipinski definition) is 18. The minimum atomic E-state index is -1.55. The van der Waals surface area contributed by atoms with Crippen molar-refractivity contribution in [2.24, 2.45) is 0 Å². The van der Waals surface area contributed by atoms with Crippen molar-refractivity contribution in [3.05, 3.63) is 0 Å². The van der Waals surface area contributed by atoms with Crippen LogP contribution >= 0.6 is 35.3 Å². The molecule has 2 aliphatic heterocycles. The third kappa shape index (κ3) is 15.3. The molecule has 11 N–H and O–H groups in total. The van der Waals surface area contributed by atoms with Crippen molar-refractivity contribution < 1.29 is 64.7 Å². The van der Waals surface area contributed by atoms with Gasteiger partial charge in [-0.25, -0.2) is 0 Å². The number of hydrogen-bond donors (Lipinski definition) is 11. The van der Waals surface area contributed by atoms with E-state index in [4.69, 9.17) is 14.7 Å². The van der Waals surface area contributed by atoms with Crippen LogP contribution in [0.2, 0.25) is 0 Å². The Kier molecular flexibility index (Phi) is 21.3. The average molecular weight is 760 g/mol. The van der Waals surface area contributed by atoms with Crippen LogP contribution in [0.5, 0.6) is 0 Å². The highest BCUT2D eigenvalue weighted by molar-refractivity contribution is 8.00. The average Bonchev–Trinajstić information content (AvgIpc) is 3.08. The van der Waals surface area contributed by atoms with E-state index in [1.807, 2.05) is 11.0 Å². The lowest BCUT2D eigenvalue weighted by atomic mass is 10.0. The number of aliphatic hydroxyl groups excluding tert-OH is 8. The summed E-state index contributed by atoms with van der Waals surface area (Å²) in [5.41, 5.74) is -2.09. The first-order valence-electron chi connectivity index (χ1n) is 15.7. The van der Waals surface area contributed by atoms with Gasteiger partial charge in [-0.15, -0.1) is 35.3 Å². The van der Waals surface area contributed by atoms with Crippen molar-refractivity contribution in [2.75, 3.05) is 75.5 Å². The quantitative estimate of drug-likeness (QED) is 0.0460. The van der Waals surface area contributed by atoms with Crippen molar-refractivity contribution in [3.63, 3.8) is 0 Å². The van der Waals surface area contributed by atoms with E-state index in [0.29, 0.717) is 50.5 Å². The Morgan fingerprint density at radius 3 is 1.51 bits per heavy atom. The van der Waals surface area contributed by atoms with E-state index in [0.717, 1.165) is 23.5 Å². The molecule has 0 aromatic heterocycles. The fourth-order valence-corrected chi connectivity index (χ4v) is 7.34. The molecule has 10 atom stereocenters. The normalized spacial score (nSPS) is 30.0. The predicted octanol–water partition coefficient (Wildman–Crippen LogP) is -5.26. The first kappa shape index (κ1) is 43.7. The highest BCUT2D eigenvalue weighted by atomic mass is 32.2. The van der Waals surface area contributed by atoms with Crippen LogP contribution in [0.3, 0.4) is 0 Å². The highest BCUT2D eigenvalue weighted by Gasteiger charge is 2.44. The summed E-state index contributed by atoms with van der Waals surface area (Å²) in [5.74, 6) is -0.181. The maximum Gasteiger partial charge on any atom is 0.230 e. The number of aliphatic hydroxyl groups is 8. The highest BCUT2D eigenvalue weighted by Crippen LogP contribution is 2.29. The molecule has 18 nitrogen and oxygen atoms in total. The lowest BCUT2D eigenvalue weighted by Gasteiger charge is -2.39. The first-order chi connectivity index (χ1) is 23.4. The minimum Gasteiger partial charge on any atom is -0.394 e. The first-order valence-corrected chi connectivity index (χ1v) is 19.0. The van der Waals surface area contributed by atoms with Gasteiger partial charge in [0, 0.05) is 45.7 Å². The maximum absolute atomic E-state index is 12.5. The van der Waals surface area contributed by atoms with Gasteiger partial charge >= 0.3 is 0 Å². The second-order valence-corrected chi connectivity index (χ2v) is 14.5. The number of carbonyl (C=O) groups is 3. The zero-order chi connectivity index (χ0) is 36.3. The summed E-state index contributed by atoms with van der Waals surface area (Å²) in [6, 6.07) is 2.03. The number of amides is 3. The fraction of sp³-hybridized carbons (Fsp3) is 0.857. The van der Waals surface area contributed by atoms with Gasteiger partial charge in [-0.2, -0.15) is 5.26 Å². The molecule has 0 aromatic rings. The Morgan fingerprint density at radius 1 is 0.673 bits per heavy atom. The fourth-order valence-electron chi connectivity index (χ4n) is 4.76. The van der Waals surface area contributed by atoms with E-state index in [2.05, 4.69) is 16.0 Å². The molecule has 2 rings (SSSR count). The van der Waals surface area contributed by atoms with Crippen LogP contribution in [0.25, 0.3) is 0 Å². The Balaban J connectivity index is 1.80. The molecule has 282 valence electrons. The Hall–Kier alpha value is -1.49. The number of carbonyl (C=O) groups excluding carboxylic acids is 3. The van der Waals surface area contributed by atoms with E-state index >= 15 is 0 Å². The van der Waals surface area contributed by atoms with Crippen LogP contribution in [-0.4, -0.2) is 199 Å². The van der Waals surface area contributed by atoms with Crippen LogP contribution in [-0.2, 0) is 23.9 Å². The number of thioether (sulfide) groups is 3. The molecule has 2 fully saturated rings. The molecule has 2 saturated heterocycles. The van der Waals surface area contributed by atoms with Gasteiger partial charge in [0.05, 0.1) is 36.5 Å². The molecular formula is C28H49N5O13S3. The summed E-state index contributed by atoms with van der Waals surface area (Å²) < 4.78 is 10.8. The monoisotopic (exact) mass is 759 g/mol. The van der Waals surface area contributed by atoms with Crippen LogP contribution in [0, 0.1) is 11.3 Å². The molecule has 49 heavy (non-hydrogen) atoms. The number of ether oxygens (including phenoxy) is 2. The number of nitriles is 1. The van der Waals surface area contributed by atoms with Gasteiger partial charge in [0.25, 0.3) is 0 Å². The molecule has 8 unspecified atom stereocenters. The van der Waals surface area contributed by atoms with Gasteiger partial charge in [-0.3, -0.25) is 19.3 Å². The van der Waals surface area contributed by atoms with Crippen molar-refractivity contribution in [1.29, 1.82) is 5.26 Å². The van der Waals surface area contributed by atoms with Gasteiger partial charge in [-0.1, -0.05) is 0 Å². The molecule has 0 bridgehead atoms. The summed E-state index contributed by atoms with van der Waals surface area (Å²) in [4.78, 5) is 39.1. The second-order valence-electron chi connectivity index (χ2n) is 11.2.